The average Bonchev–Trinajstić information content (AvgIpc) is 2.87. The molecule has 1 atom stereocenters. The van der Waals surface area contributed by atoms with Gasteiger partial charge in [-0.3, -0.25) is 19.0 Å². The van der Waals surface area contributed by atoms with Gasteiger partial charge in [0.25, 0.3) is 11.5 Å². The average molecular weight is 526 g/mol. The Kier molecular flexibility index (Phi) is 7.40. The van der Waals surface area contributed by atoms with Gasteiger partial charge in [0.15, 0.2) is 5.78 Å². The number of aliphatic hydroxyl groups is 1. The van der Waals surface area contributed by atoms with Gasteiger partial charge in [0, 0.05) is 7.05 Å². The number of nitrogens with one attached hydrogen (secondary N) is 1. The third-order valence-corrected chi connectivity index (χ3v) is 6.48. The fourth-order valence-corrected chi connectivity index (χ4v) is 4.52. The lowest BCUT2D eigenvalue weighted by atomic mass is 10.0. The number of nitrogens with zero attached hydrogens (tertiary/aromatic N) is 2. The van der Waals surface area contributed by atoms with E-state index in [1.54, 1.807) is 61.6 Å². The number of para-hydroxylation sites is 1. The number of aryl methyl sites for hydroxylation is 1. The smallest absolute Gasteiger partial charge is 0.335 e. The maximum atomic E-state index is 13.0. The molecule has 0 saturated carbocycles. The lowest BCUT2D eigenvalue weighted by Gasteiger charge is -2.18. The van der Waals surface area contributed by atoms with Crippen LogP contribution in [0.25, 0.3) is 16.6 Å². The van der Waals surface area contributed by atoms with E-state index in [-0.39, 0.29) is 22.0 Å². The number of fused-ring (bicyclic) bond motifs is 1. The quantitative estimate of drug-likeness (QED) is 0.385. The maximum absolute atomic E-state index is 13.0. The minimum atomic E-state index is -1.06. The van der Waals surface area contributed by atoms with Crippen LogP contribution in [0.5, 0.6) is 0 Å². The van der Waals surface area contributed by atoms with Crippen LogP contribution in [-0.2, 0) is 18.3 Å². The number of ketones is 1. The zero-order valence-electron chi connectivity index (χ0n) is 19.1. The van der Waals surface area contributed by atoms with Crippen molar-refractivity contribution in [2.75, 3.05) is 6.61 Å². The van der Waals surface area contributed by atoms with Crippen LogP contribution < -0.4 is 16.6 Å². The molecule has 4 rings (SSSR count). The van der Waals surface area contributed by atoms with E-state index in [9.17, 15) is 24.3 Å². The van der Waals surface area contributed by atoms with Crippen molar-refractivity contribution in [2.45, 2.75) is 12.5 Å². The van der Waals surface area contributed by atoms with Crippen molar-refractivity contribution in [2.24, 2.45) is 7.05 Å². The van der Waals surface area contributed by atoms with Crippen molar-refractivity contribution >= 4 is 45.8 Å². The topological polar surface area (TPSA) is 110 Å². The van der Waals surface area contributed by atoms with Gasteiger partial charge in [-0.15, -0.1) is 0 Å². The molecule has 1 aromatic heterocycles. The number of carbonyl (C=O) groups excluding carboxylic acids is 2. The third-order valence-electron chi connectivity index (χ3n) is 5.85. The van der Waals surface area contributed by atoms with Gasteiger partial charge in [-0.2, -0.15) is 0 Å². The van der Waals surface area contributed by atoms with Gasteiger partial charge in [-0.1, -0.05) is 53.5 Å². The summed E-state index contributed by atoms with van der Waals surface area (Å²) in [6.45, 7) is -0.776. The standard InChI is InChI=1S/C26H21Cl2N3O5/c1-30-21-8-3-2-5-17(21)25(35)31(26(30)36)16-11-9-15(10-12-16)13-20(22(33)14-32)29-24(34)23-18(27)6-4-7-19(23)28/h2-12,20,32H,13-14H2,1H3,(H,29,34)/t20-/m0/s1. The number of rotatable bonds is 7. The normalized spacial score (nSPS) is 11.9. The number of Topliss-reactive ketones (excluding diaryl/α,β-unsaturated/α-hetero) is 1. The first-order valence-corrected chi connectivity index (χ1v) is 11.7. The van der Waals surface area contributed by atoms with E-state index < -0.39 is 35.6 Å². The van der Waals surface area contributed by atoms with Crippen LogP contribution in [-0.4, -0.2) is 38.6 Å². The lowest BCUT2D eigenvalue weighted by molar-refractivity contribution is -0.123. The fraction of sp³-hybridized carbons (Fsp3) is 0.154. The van der Waals surface area contributed by atoms with Gasteiger partial charge in [0.2, 0.25) is 0 Å². The van der Waals surface area contributed by atoms with E-state index in [0.29, 0.717) is 22.2 Å². The molecule has 1 heterocycles. The molecular weight excluding hydrogens is 505 g/mol. The summed E-state index contributed by atoms with van der Waals surface area (Å²) in [4.78, 5) is 51.0. The van der Waals surface area contributed by atoms with Gasteiger partial charge in [-0.05, 0) is 48.4 Å². The van der Waals surface area contributed by atoms with Gasteiger partial charge in [0.1, 0.15) is 6.61 Å². The van der Waals surface area contributed by atoms with Crippen molar-refractivity contribution in [3.05, 3.63) is 109 Å². The molecule has 8 nitrogen and oxygen atoms in total. The van der Waals surface area contributed by atoms with Crippen LogP contribution in [0.1, 0.15) is 15.9 Å². The molecule has 0 spiro atoms. The van der Waals surface area contributed by atoms with E-state index in [1.165, 1.54) is 16.7 Å². The molecule has 0 fully saturated rings. The van der Waals surface area contributed by atoms with Crippen LogP contribution in [0.2, 0.25) is 10.0 Å². The summed E-state index contributed by atoms with van der Waals surface area (Å²) in [5.74, 6) is -1.25. The summed E-state index contributed by atoms with van der Waals surface area (Å²) in [7, 11) is 1.59. The van der Waals surface area contributed by atoms with E-state index in [0.717, 1.165) is 4.57 Å². The molecule has 0 bridgehead atoms. The molecule has 184 valence electrons. The van der Waals surface area contributed by atoms with E-state index in [1.807, 2.05) is 0 Å². The summed E-state index contributed by atoms with van der Waals surface area (Å²) in [5, 5.41) is 12.6. The highest BCUT2D eigenvalue weighted by atomic mass is 35.5. The van der Waals surface area contributed by atoms with E-state index >= 15 is 0 Å². The Balaban J connectivity index is 1.63. The number of hydrogen-bond donors (Lipinski definition) is 2. The van der Waals surface area contributed by atoms with Crippen molar-refractivity contribution in [1.29, 1.82) is 0 Å². The minimum absolute atomic E-state index is 0.0263. The number of aromatic nitrogens is 2. The molecule has 0 aliphatic heterocycles. The molecule has 10 heteroatoms. The van der Waals surface area contributed by atoms with Crippen molar-refractivity contribution in [1.82, 2.24) is 14.5 Å². The van der Waals surface area contributed by atoms with Crippen LogP contribution in [0, 0.1) is 0 Å². The minimum Gasteiger partial charge on any atom is -0.389 e. The number of carbonyl (C=O) groups is 2. The number of halogens is 2. The third kappa shape index (κ3) is 4.83. The summed E-state index contributed by atoms with van der Waals surface area (Å²) in [6, 6.07) is 16.8. The Morgan fingerprint density at radius 1 is 0.944 bits per heavy atom. The molecule has 3 aromatic carbocycles. The van der Waals surface area contributed by atoms with Crippen LogP contribution in [0.15, 0.2) is 76.3 Å². The molecule has 1 amide bonds. The fourth-order valence-electron chi connectivity index (χ4n) is 3.95. The Morgan fingerprint density at radius 2 is 1.58 bits per heavy atom. The second-order valence-corrected chi connectivity index (χ2v) is 8.93. The summed E-state index contributed by atoms with van der Waals surface area (Å²) >= 11 is 12.2. The van der Waals surface area contributed by atoms with Gasteiger partial charge >= 0.3 is 5.69 Å². The summed E-state index contributed by atoms with van der Waals surface area (Å²) in [5.41, 5.74) is 0.592. The van der Waals surface area contributed by atoms with Crippen LogP contribution in [0.4, 0.5) is 0 Å². The SMILES string of the molecule is Cn1c(=O)n(-c2ccc(C[C@H](NC(=O)c3c(Cl)cccc3Cl)C(=O)CO)cc2)c(=O)c2ccccc21. The molecule has 0 saturated heterocycles. The summed E-state index contributed by atoms with van der Waals surface area (Å²) < 4.78 is 2.47. The van der Waals surface area contributed by atoms with E-state index in [2.05, 4.69) is 5.32 Å². The second-order valence-electron chi connectivity index (χ2n) is 8.12. The maximum Gasteiger partial charge on any atom is 0.335 e. The van der Waals surface area contributed by atoms with Crippen molar-refractivity contribution < 1.29 is 14.7 Å². The Morgan fingerprint density at radius 3 is 2.22 bits per heavy atom. The number of benzene rings is 3. The number of amides is 1. The number of hydrogen-bond acceptors (Lipinski definition) is 5. The Hall–Kier alpha value is -3.72. The molecule has 0 unspecified atom stereocenters. The zero-order valence-corrected chi connectivity index (χ0v) is 20.6. The van der Waals surface area contributed by atoms with Crippen LogP contribution >= 0.6 is 23.2 Å². The first kappa shape index (κ1) is 25.4. The molecule has 0 aliphatic rings. The van der Waals surface area contributed by atoms with Crippen molar-refractivity contribution in [3.63, 3.8) is 0 Å². The molecule has 0 radical (unpaired) electrons. The monoisotopic (exact) mass is 525 g/mol. The molecular formula is C26H21Cl2N3O5. The highest BCUT2D eigenvalue weighted by molar-refractivity contribution is 6.39. The largest absolute Gasteiger partial charge is 0.389 e. The zero-order chi connectivity index (χ0) is 26.0. The van der Waals surface area contributed by atoms with Gasteiger partial charge < -0.3 is 10.4 Å². The predicted molar refractivity (Wildman–Crippen MR) is 138 cm³/mol. The summed E-state index contributed by atoms with van der Waals surface area (Å²) in [6.07, 6.45) is 0.0537. The van der Waals surface area contributed by atoms with Crippen molar-refractivity contribution in [3.8, 4) is 5.69 Å². The first-order chi connectivity index (χ1) is 17.2. The van der Waals surface area contributed by atoms with E-state index in [4.69, 9.17) is 23.2 Å². The second kappa shape index (κ2) is 10.5. The van der Waals surface area contributed by atoms with Gasteiger partial charge in [0.05, 0.1) is 38.2 Å². The molecule has 4 aromatic rings. The first-order valence-electron chi connectivity index (χ1n) is 10.9. The highest BCUT2D eigenvalue weighted by Gasteiger charge is 2.24. The Bertz CT molecular complexity index is 1570. The molecule has 0 aliphatic carbocycles. The Labute approximate surface area is 215 Å². The predicted octanol–water partition coefficient (Wildman–Crippen LogP) is 2.90. The highest BCUT2D eigenvalue weighted by Crippen LogP contribution is 2.24. The lowest BCUT2D eigenvalue weighted by Crippen LogP contribution is -2.43. The number of aliphatic hydroxyl groups excluding tert-OH is 1. The molecule has 2 N–H and O–H groups in total. The van der Waals surface area contributed by atoms with Crippen LogP contribution in [0.3, 0.4) is 0 Å². The molecule has 36 heavy (non-hydrogen) atoms. The van der Waals surface area contributed by atoms with Gasteiger partial charge in [-0.25, -0.2) is 9.36 Å².